The molecule has 0 saturated carbocycles. The summed E-state index contributed by atoms with van der Waals surface area (Å²) in [5, 5.41) is 7.20. The standard InChI is InChI=1S/C15H25N3/c1-12(11-13-7-6-10-16-13)17-14-8-4-5-9-15(14)18(2)3/h4-5,8-9,12-13,16-17H,6-7,10-11H2,1-3H3. The summed E-state index contributed by atoms with van der Waals surface area (Å²) >= 11 is 0. The summed E-state index contributed by atoms with van der Waals surface area (Å²) < 4.78 is 0. The number of rotatable bonds is 5. The number of para-hydroxylation sites is 2. The Morgan fingerprint density at radius 3 is 2.83 bits per heavy atom. The number of anilines is 2. The van der Waals surface area contributed by atoms with E-state index < -0.39 is 0 Å². The van der Waals surface area contributed by atoms with Gasteiger partial charge in [0.25, 0.3) is 0 Å². The first-order chi connectivity index (χ1) is 8.66. The van der Waals surface area contributed by atoms with Crippen molar-refractivity contribution in [3.63, 3.8) is 0 Å². The van der Waals surface area contributed by atoms with Crippen LogP contribution in [0.15, 0.2) is 24.3 Å². The Morgan fingerprint density at radius 1 is 1.39 bits per heavy atom. The summed E-state index contributed by atoms with van der Waals surface area (Å²) in [6.45, 7) is 3.46. The Kier molecular flexibility index (Phi) is 4.48. The van der Waals surface area contributed by atoms with E-state index in [0.717, 1.165) is 0 Å². The number of nitrogens with one attached hydrogen (secondary N) is 2. The molecule has 1 aromatic rings. The van der Waals surface area contributed by atoms with Crippen LogP contribution in [-0.2, 0) is 0 Å². The number of hydrogen-bond donors (Lipinski definition) is 2. The molecule has 2 atom stereocenters. The third-order valence-corrected chi connectivity index (χ3v) is 3.59. The van der Waals surface area contributed by atoms with Crippen molar-refractivity contribution >= 4 is 11.4 Å². The molecule has 3 heteroatoms. The van der Waals surface area contributed by atoms with Crippen molar-refractivity contribution in [1.82, 2.24) is 5.32 Å². The zero-order chi connectivity index (χ0) is 13.0. The van der Waals surface area contributed by atoms with E-state index in [1.807, 2.05) is 0 Å². The van der Waals surface area contributed by atoms with Gasteiger partial charge in [0.15, 0.2) is 0 Å². The Balaban J connectivity index is 1.95. The van der Waals surface area contributed by atoms with Crippen molar-refractivity contribution in [2.24, 2.45) is 0 Å². The first-order valence-corrected chi connectivity index (χ1v) is 6.93. The van der Waals surface area contributed by atoms with E-state index in [0.29, 0.717) is 12.1 Å². The van der Waals surface area contributed by atoms with E-state index in [1.54, 1.807) is 0 Å². The van der Waals surface area contributed by atoms with Crippen molar-refractivity contribution in [2.45, 2.75) is 38.3 Å². The summed E-state index contributed by atoms with van der Waals surface area (Å²) in [5.74, 6) is 0. The molecule has 0 spiro atoms. The highest BCUT2D eigenvalue weighted by molar-refractivity contribution is 5.69. The van der Waals surface area contributed by atoms with Crippen molar-refractivity contribution in [3.05, 3.63) is 24.3 Å². The van der Waals surface area contributed by atoms with Gasteiger partial charge in [-0.2, -0.15) is 0 Å². The fourth-order valence-electron chi connectivity index (χ4n) is 2.69. The van der Waals surface area contributed by atoms with Gasteiger partial charge in [-0.25, -0.2) is 0 Å². The second-order valence-corrected chi connectivity index (χ2v) is 5.49. The van der Waals surface area contributed by atoms with Crippen molar-refractivity contribution < 1.29 is 0 Å². The maximum absolute atomic E-state index is 3.64. The molecule has 1 fully saturated rings. The highest BCUT2D eigenvalue weighted by atomic mass is 15.1. The van der Waals surface area contributed by atoms with Gasteiger partial charge in [-0.3, -0.25) is 0 Å². The smallest absolute Gasteiger partial charge is 0.0596 e. The van der Waals surface area contributed by atoms with Crippen LogP contribution in [0.5, 0.6) is 0 Å². The first kappa shape index (κ1) is 13.2. The summed E-state index contributed by atoms with van der Waals surface area (Å²) in [6.07, 6.45) is 3.84. The molecule has 3 nitrogen and oxygen atoms in total. The molecule has 2 rings (SSSR count). The lowest BCUT2D eigenvalue weighted by atomic mass is 10.1. The zero-order valence-corrected chi connectivity index (χ0v) is 11.7. The van der Waals surface area contributed by atoms with Crippen LogP contribution in [0, 0.1) is 0 Å². The Hall–Kier alpha value is -1.22. The van der Waals surface area contributed by atoms with E-state index in [9.17, 15) is 0 Å². The second kappa shape index (κ2) is 6.10. The molecule has 0 bridgehead atoms. The van der Waals surface area contributed by atoms with Gasteiger partial charge in [-0.05, 0) is 44.9 Å². The van der Waals surface area contributed by atoms with E-state index in [-0.39, 0.29) is 0 Å². The molecule has 0 aromatic heterocycles. The Labute approximate surface area is 111 Å². The number of benzene rings is 1. The molecular formula is C15H25N3. The topological polar surface area (TPSA) is 27.3 Å². The fraction of sp³-hybridized carbons (Fsp3) is 0.600. The van der Waals surface area contributed by atoms with Crippen LogP contribution in [-0.4, -0.2) is 32.7 Å². The summed E-state index contributed by atoms with van der Waals surface area (Å²) in [5.41, 5.74) is 2.48. The molecule has 1 aliphatic rings. The van der Waals surface area contributed by atoms with E-state index in [1.165, 1.54) is 37.2 Å². The van der Waals surface area contributed by atoms with Crippen LogP contribution in [0.1, 0.15) is 26.2 Å². The van der Waals surface area contributed by atoms with Gasteiger partial charge in [0.1, 0.15) is 0 Å². The van der Waals surface area contributed by atoms with Crippen LogP contribution in [0.25, 0.3) is 0 Å². The van der Waals surface area contributed by atoms with Crippen molar-refractivity contribution in [3.8, 4) is 0 Å². The Morgan fingerprint density at radius 2 is 2.17 bits per heavy atom. The average Bonchev–Trinajstić information content (AvgIpc) is 2.82. The van der Waals surface area contributed by atoms with E-state index in [4.69, 9.17) is 0 Å². The molecule has 1 saturated heterocycles. The molecule has 1 heterocycles. The van der Waals surface area contributed by atoms with E-state index >= 15 is 0 Å². The maximum atomic E-state index is 3.64. The average molecular weight is 247 g/mol. The second-order valence-electron chi connectivity index (χ2n) is 5.49. The molecular weight excluding hydrogens is 222 g/mol. The minimum atomic E-state index is 0.502. The fourth-order valence-corrected chi connectivity index (χ4v) is 2.69. The third kappa shape index (κ3) is 3.39. The molecule has 2 N–H and O–H groups in total. The SMILES string of the molecule is CC(CC1CCCN1)Nc1ccccc1N(C)C. The molecule has 0 aliphatic carbocycles. The first-order valence-electron chi connectivity index (χ1n) is 6.93. The number of hydrogen-bond acceptors (Lipinski definition) is 3. The van der Waals surface area contributed by atoms with Crippen LogP contribution in [0.3, 0.4) is 0 Å². The quantitative estimate of drug-likeness (QED) is 0.837. The molecule has 100 valence electrons. The summed E-state index contributed by atoms with van der Waals surface area (Å²) in [6, 6.07) is 9.69. The third-order valence-electron chi connectivity index (χ3n) is 3.59. The van der Waals surface area contributed by atoms with Gasteiger partial charge in [0, 0.05) is 26.2 Å². The molecule has 2 unspecified atom stereocenters. The van der Waals surface area contributed by atoms with Crippen LogP contribution < -0.4 is 15.5 Å². The highest BCUT2D eigenvalue weighted by Gasteiger charge is 2.17. The van der Waals surface area contributed by atoms with Gasteiger partial charge in [0.05, 0.1) is 11.4 Å². The van der Waals surface area contributed by atoms with Crippen molar-refractivity contribution in [1.29, 1.82) is 0 Å². The molecule has 0 radical (unpaired) electrons. The predicted octanol–water partition coefficient (Wildman–Crippen LogP) is 2.70. The van der Waals surface area contributed by atoms with Gasteiger partial charge >= 0.3 is 0 Å². The van der Waals surface area contributed by atoms with Gasteiger partial charge < -0.3 is 15.5 Å². The van der Waals surface area contributed by atoms with Crippen molar-refractivity contribution in [2.75, 3.05) is 30.9 Å². The maximum Gasteiger partial charge on any atom is 0.0596 e. The lowest BCUT2D eigenvalue weighted by molar-refractivity contribution is 0.523. The largest absolute Gasteiger partial charge is 0.381 e. The summed E-state index contributed by atoms with van der Waals surface area (Å²) in [4.78, 5) is 2.16. The minimum Gasteiger partial charge on any atom is -0.381 e. The van der Waals surface area contributed by atoms with Crippen LogP contribution in [0.4, 0.5) is 11.4 Å². The van der Waals surface area contributed by atoms with Gasteiger partial charge in [-0.15, -0.1) is 0 Å². The Bertz CT molecular complexity index is 370. The molecule has 18 heavy (non-hydrogen) atoms. The van der Waals surface area contributed by atoms with Crippen LogP contribution in [0.2, 0.25) is 0 Å². The number of nitrogens with zero attached hydrogens (tertiary/aromatic N) is 1. The lowest BCUT2D eigenvalue weighted by Gasteiger charge is -2.23. The zero-order valence-electron chi connectivity index (χ0n) is 11.7. The van der Waals surface area contributed by atoms with Gasteiger partial charge in [-0.1, -0.05) is 12.1 Å². The predicted molar refractivity (Wildman–Crippen MR) is 79.5 cm³/mol. The molecule has 1 aliphatic heterocycles. The molecule has 0 amide bonds. The van der Waals surface area contributed by atoms with Crippen LogP contribution >= 0.6 is 0 Å². The normalized spacial score (nSPS) is 20.7. The minimum absolute atomic E-state index is 0.502. The monoisotopic (exact) mass is 247 g/mol. The highest BCUT2D eigenvalue weighted by Crippen LogP contribution is 2.25. The summed E-state index contributed by atoms with van der Waals surface area (Å²) in [7, 11) is 4.17. The van der Waals surface area contributed by atoms with Gasteiger partial charge in [0.2, 0.25) is 0 Å². The lowest BCUT2D eigenvalue weighted by Crippen LogP contribution is -2.29. The van der Waals surface area contributed by atoms with E-state index in [2.05, 4.69) is 60.8 Å². The molecule has 1 aromatic carbocycles.